The molecule has 1 aliphatic heterocycles. The first-order chi connectivity index (χ1) is 17.3. The molecule has 0 spiro atoms. The van der Waals surface area contributed by atoms with E-state index >= 15 is 0 Å². The van der Waals surface area contributed by atoms with Crippen molar-refractivity contribution >= 4 is 17.5 Å². The fourth-order valence-electron chi connectivity index (χ4n) is 4.62. The van der Waals surface area contributed by atoms with Crippen molar-refractivity contribution in [3.05, 3.63) is 94.8 Å². The predicted molar refractivity (Wildman–Crippen MR) is 139 cm³/mol. The highest BCUT2D eigenvalue weighted by molar-refractivity contribution is 5.94. The van der Waals surface area contributed by atoms with Gasteiger partial charge >= 0.3 is 0 Å². The van der Waals surface area contributed by atoms with E-state index < -0.39 is 12.1 Å². The molecule has 0 saturated heterocycles. The molecule has 6 heteroatoms. The number of anilines is 1. The van der Waals surface area contributed by atoms with Crippen molar-refractivity contribution in [2.24, 2.45) is 5.92 Å². The number of hydrogen-bond donors (Lipinski definition) is 1. The molecule has 5 nitrogen and oxygen atoms in total. The van der Waals surface area contributed by atoms with Gasteiger partial charge in [-0.15, -0.1) is 0 Å². The van der Waals surface area contributed by atoms with E-state index in [0.717, 1.165) is 16.7 Å². The molecule has 2 atom stereocenters. The Bertz CT molecular complexity index is 1240. The molecule has 0 saturated carbocycles. The Kier molecular flexibility index (Phi) is 7.73. The van der Waals surface area contributed by atoms with Crippen LogP contribution >= 0.6 is 0 Å². The highest BCUT2D eigenvalue weighted by atomic mass is 19.1. The monoisotopic (exact) mass is 488 g/mol. The molecule has 3 aromatic carbocycles. The molecule has 4 rings (SSSR count). The maximum Gasteiger partial charge on any atom is 0.265 e. The van der Waals surface area contributed by atoms with E-state index in [1.807, 2.05) is 81.1 Å². The fraction of sp³-hybridized carbons (Fsp3) is 0.333. The summed E-state index contributed by atoms with van der Waals surface area (Å²) in [6, 6.07) is 19.3. The van der Waals surface area contributed by atoms with Gasteiger partial charge < -0.3 is 15.0 Å². The van der Waals surface area contributed by atoms with Gasteiger partial charge in [0.25, 0.3) is 5.91 Å². The van der Waals surface area contributed by atoms with E-state index in [2.05, 4.69) is 5.32 Å². The first-order valence-corrected chi connectivity index (χ1v) is 12.5. The zero-order valence-electron chi connectivity index (χ0n) is 21.3. The van der Waals surface area contributed by atoms with Gasteiger partial charge in [0.2, 0.25) is 5.91 Å². The molecule has 0 unspecified atom stereocenters. The second-order valence-corrected chi connectivity index (χ2v) is 9.62. The third kappa shape index (κ3) is 5.59. The average molecular weight is 489 g/mol. The summed E-state index contributed by atoms with van der Waals surface area (Å²) in [5, 5.41) is 2.92. The molecule has 0 aromatic heterocycles. The largest absolute Gasteiger partial charge is 0.481 e. The number of nitrogens with one attached hydrogen (secondary N) is 1. The van der Waals surface area contributed by atoms with Crippen molar-refractivity contribution in [2.45, 2.75) is 52.7 Å². The molecule has 0 radical (unpaired) electrons. The number of fused-ring (bicyclic) bond motifs is 1. The lowest BCUT2D eigenvalue weighted by Gasteiger charge is -2.39. The number of benzene rings is 3. The average Bonchev–Trinajstić information content (AvgIpc) is 2.87. The molecule has 1 N–H and O–H groups in total. The quantitative estimate of drug-likeness (QED) is 0.440. The summed E-state index contributed by atoms with van der Waals surface area (Å²) in [4.78, 5) is 27.9. The number of amides is 2. The smallest absolute Gasteiger partial charge is 0.265 e. The standard InChI is InChI=1S/C30H33FN2O3/c1-5-27(29(34)32-24-12-9-20(4)10-13-24)36-25-14-11-21-15-16-33(30(35)19(2)3)28(26(21)18-25)22-7-6-8-23(31)17-22/h6-14,17-19,27-28H,5,15-16H2,1-4H3,(H,32,34)/t27-,28-/m0/s1. The van der Waals surface area contributed by atoms with Gasteiger partial charge in [-0.25, -0.2) is 4.39 Å². The molecular weight excluding hydrogens is 455 g/mol. The van der Waals surface area contributed by atoms with E-state index in [1.165, 1.54) is 12.1 Å². The summed E-state index contributed by atoms with van der Waals surface area (Å²) in [6.07, 6.45) is 0.499. The number of hydrogen-bond acceptors (Lipinski definition) is 3. The van der Waals surface area contributed by atoms with E-state index in [-0.39, 0.29) is 23.5 Å². The van der Waals surface area contributed by atoms with Crippen molar-refractivity contribution in [1.82, 2.24) is 4.90 Å². The summed E-state index contributed by atoms with van der Waals surface area (Å²) in [6.45, 7) is 8.20. The van der Waals surface area contributed by atoms with Crippen molar-refractivity contribution in [2.75, 3.05) is 11.9 Å². The first-order valence-electron chi connectivity index (χ1n) is 12.5. The Labute approximate surface area is 212 Å². The molecule has 1 heterocycles. The second-order valence-electron chi connectivity index (χ2n) is 9.62. The van der Waals surface area contributed by atoms with Crippen LogP contribution in [0.4, 0.5) is 10.1 Å². The molecule has 3 aromatic rings. The molecule has 36 heavy (non-hydrogen) atoms. The predicted octanol–water partition coefficient (Wildman–Crippen LogP) is 6.06. The van der Waals surface area contributed by atoms with Gasteiger partial charge in [0.1, 0.15) is 11.6 Å². The van der Waals surface area contributed by atoms with Crippen molar-refractivity contribution in [3.63, 3.8) is 0 Å². The van der Waals surface area contributed by atoms with Crippen LogP contribution < -0.4 is 10.1 Å². The van der Waals surface area contributed by atoms with Crippen LogP contribution in [0.3, 0.4) is 0 Å². The summed E-state index contributed by atoms with van der Waals surface area (Å²) in [5.41, 5.74) is 4.52. The lowest BCUT2D eigenvalue weighted by atomic mass is 9.87. The minimum absolute atomic E-state index is 0.0187. The summed E-state index contributed by atoms with van der Waals surface area (Å²) in [5.74, 6) is -0.192. The number of nitrogens with zero attached hydrogens (tertiary/aromatic N) is 1. The lowest BCUT2D eigenvalue weighted by Crippen LogP contribution is -2.42. The van der Waals surface area contributed by atoms with Crippen molar-refractivity contribution in [1.29, 1.82) is 0 Å². The number of halogens is 1. The van der Waals surface area contributed by atoms with Gasteiger partial charge in [-0.3, -0.25) is 9.59 Å². The summed E-state index contributed by atoms with van der Waals surface area (Å²) in [7, 11) is 0. The number of carbonyl (C=O) groups is 2. The van der Waals surface area contributed by atoms with Gasteiger partial charge in [-0.1, -0.05) is 56.7 Å². The Morgan fingerprint density at radius 2 is 1.83 bits per heavy atom. The van der Waals surface area contributed by atoms with Crippen molar-refractivity contribution < 1.29 is 18.7 Å². The Morgan fingerprint density at radius 1 is 1.08 bits per heavy atom. The molecule has 0 fully saturated rings. The van der Waals surface area contributed by atoms with Crippen molar-refractivity contribution in [3.8, 4) is 5.75 Å². The maximum absolute atomic E-state index is 14.2. The van der Waals surface area contributed by atoms with E-state index in [4.69, 9.17) is 4.74 Å². The number of rotatable bonds is 7. The third-order valence-electron chi connectivity index (χ3n) is 6.55. The zero-order valence-corrected chi connectivity index (χ0v) is 21.3. The molecule has 2 amide bonds. The maximum atomic E-state index is 14.2. The van der Waals surface area contributed by atoms with Crippen LogP contribution in [0.2, 0.25) is 0 Å². The Balaban J connectivity index is 1.64. The van der Waals surface area contributed by atoms with Crippen LogP contribution in [0.25, 0.3) is 0 Å². The zero-order chi connectivity index (χ0) is 25.8. The van der Waals surface area contributed by atoms with E-state index in [1.54, 1.807) is 6.07 Å². The SMILES string of the molecule is CC[C@H](Oc1ccc2c(c1)[C@H](c1cccc(F)c1)N(C(=O)C(C)C)CC2)C(=O)Nc1ccc(C)cc1. The number of ether oxygens (including phenoxy) is 1. The van der Waals surface area contributed by atoms with E-state index in [9.17, 15) is 14.0 Å². The first kappa shape index (κ1) is 25.4. The highest BCUT2D eigenvalue weighted by Gasteiger charge is 2.34. The molecule has 1 aliphatic rings. The summed E-state index contributed by atoms with van der Waals surface area (Å²) < 4.78 is 20.3. The Morgan fingerprint density at radius 3 is 2.50 bits per heavy atom. The van der Waals surface area contributed by atoms with Crippen LogP contribution in [0.1, 0.15) is 55.5 Å². The molecule has 0 aliphatic carbocycles. The van der Waals surface area contributed by atoms with Crippen LogP contribution in [-0.2, 0) is 16.0 Å². The molecule has 188 valence electrons. The van der Waals surface area contributed by atoms with Gasteiger partial charge in [0.05, 0.1) is 6.04 Å². The molecule has 0 bridgehead atoms. The number of carbonyl (C=O) groups excluding carboxylic acids is 2. The van der Waals surface area contributed by atoms with Gasteiger partial charge in [-0.05, 0) is 72.9 Å². The van der Waals surface area contributed by atoms with Gasteiger partial charge in [0.15, 0.2) is 6.10 Å². The van der Waals surface area contributed by atoms with Gasteiger partial charge in [-0.2, -0.15) is 0 Å². The number of aryl methyl sites for hydroxylation is 1. The second kappa shape index (κ2) is 10.9. The van der Waals surface area contributed by atoms with Crippen LogP contribution in [0, 0.1) is 18.7 Å². The Hall–Kier alpha value is -3.67. The normalized spacial score (nSPS) is 15.8. The van der Waals surface area contributed by atoms with E-state index in [0.29, 0.717) is 36.4 Å². The third-order valence-corrected chi connectivity index (χ3v) is 6.55. The topological polar surface area (TPSA) is 58.6 Å². The fourth-order valence-corrected chi connectivity index (χ4v) is 4.62. The minimum atomic E-state index is -0.686. The highest BCUT2D eigenvalue weighted by Crippen LogP contribution is 2.38. The van der Waals surface area contributed by atoms with Crippen LogP contribution in [0.15, 0.2) is 66.7 Å². The molecular formula is C30H33FN2O3. The van der Waals surface area contributed by atoms with Crippen LogP contribution in [0.5, 0.6) is 5.75 Å². The van der Waals surface area contributed by atoms with Crippen LogP contribution in [-0.4, -0.2) is 29.4 Å². The lowest BCUT2D eigenvalue weighted by molar-refractivity contribution is -0.136. The minimum Gasteiger partial charge on any atom is -0.481 e. The summed E-state index contributed by atoms with van der Waals surface area (Å²) >= 11 is 0. The van der Waals surface area contributed by atoms with Gasteiger partial charge in [0, 0.05) is 18.2 Å².